The minimum atomic E-state index is -0.361. The molecule has 0 bridgehead atoms. The van der Waals surface area contributed by atoms with E-state index in [1.807, 2.05) is 52.0 Å². The number of ether oxygens (including phenoxy) is 1. The van der Waals surface area contributed by atoms with Gasteiger partial charge in [0, 0.05) is 5.92 Å². The van der Waals surface area contributed by atoms with Gasteiger partial charge in [-0.05, 0) is 45.3 Å². The molecule has 1 heterocycles. The van der Waals surface area contributed by atoms with Crippen molar-refractivity contribution >= 4 is 24.3 Å². The lowest BCUT2D eigenvalue weighted by atomic mass is 9.88. The van der Waals surface area contributed by atoms with E-state index >= 15 is 0 Å². The molecule has 1 aromatic rings. The lowest BCUT2D eigenvalue weighted by Gasteiger charge is -2.32. The lowest BCUT2D eigenvalue weighted by molar-refractivity contribution is -0.148. The van der Waals surface area contributed by atoms with Gasteiger partial charge in [-0.2, -0.15) is 0 Å². The fraction of sp³-hybridized carbons (Fsp3) is 0.579. The Morgan fingerprint density at radius 2 is 1.80 bits per heavy atom. The molecule has 0 radical (unpaired) electrons. The number of amides is 1. The first-order valence-electron chi connectivity index (χ1n) is 8.64. The number of benzene rings is 1. The molecule has 0 saturated carbocycles. The predicted octanol–water partition coefficient (Wildman–Crippen LogP) is 2.77. The first-order chi connectivity index (χ1) is 11.4. The number of aryl methyl sites for hydroxylation is 1. The molecule has 5 nitrogen and oxygen atoms in total. The van der Waals surface area contributed by atoms with E-state index in [2.05, 4.69) is 10.6 Å². The number of halogens is 1. The second kappa shape index (κ2) is 9.78. The molecule has 2 rings (SSSR count). The second-order valence-corrected chi connectivity index (χ2v) is 6.92. The maximum atomic E-state index is 12.5. The van der Waals surface area contributed by atoms with Gasteiger partial charge in [-0.15, -0.1) is 12.4 Å². The van der Waals surface area contributed by atoms with Crippen LogP contribution in [0.3, 0.4) is 0 Å². The molecule has 2 unspecified atom stereocenters. The van der Waals surface area contributed by atoms with Crippen LogP contribution in [-0.4, -0.2) is 31.1 Å². The van der Waals surface area contributed by atoms with E-state index in [0.717, 1.165) is 24.2 Å². The van der Waals surface area contributed by atoms with E-state index in [1.54, 1.807) is 0 Å². The van der Waals surface area contributed by atoms with Crippen molar-refractivity contribution in [3.63, 3.8) is 0 Å². The maximum Gasteiger partial charge on any atom is 0.308 e. The van der Waals surface area contributed by atoms with Crippen LogP contribution in [0.25, 0.3) is 0 Å². The average Bonchev–Trinajstić information content (AvgIpc) is 2.44. The van der Waals surface area contributed by atoms with Gasteiger partial charge in [-0.25, -0.2) is 0 Å². The van der Waals surface area contributed by atoms with Gasteiger partial charge in [0.2, 0.25) is 5.91 Å². The molecule has 1 saturated heterocycles. The van der Waals surface area contributed by atoms with Crippen LogP contribution in [0.15, 0.2) is 24.3 Å². The Hall–Kier alpha value is -1.59. The van der Waals surface area contributed by atoms with Gasteiger partial charge in [-0.3, -0.25) is 9.59 Å². The van der Waals surface area contributed by atoms with Crippen LogP contribution < -0.4 is 10.6 Å². The highest BCUT2D eigenvalue weighted by molar-refractivity contribution is 5.85. The molecule has 140 valence electrons. The number of rotatable bonds is 7. The Bertz CT molecular complexity index is 571. The summed E-state index contributed by atoms with van der Waals surface area (Å²) < 4.78 is 5.25. The van der Waals surface area contributed by atoms with Gasteiger partial charge in [0.1, 0.15) is 0 Å². The summed E-state index contributed by atoms with van der Waals surface area (Å²) in [5, 5.41) is 6.23. The molecule has 25 heavy (non-hydrogen) atoms. The van der Waals surface area contributed by atoms with Gasteiger partial charge in [-0.1, -0.05) is 36.8 Å². The molecule has 6 heteroatoms. The van der Waals surface area contributed by atoms with E-state index in [9.17, 15) is 9.59 Å². The van der Waals surface area contributed by atoms with E-state index < -0.39 is 0 Å². The van der Waals surface area contributed by atoms with Crippen molar-refractivity contribution in [2.75, 3.05) is 13.1 Å². The van der Waals surface area contributed by atoms with Crippen LogP contribution in [-0.2, 0) is 14.3 Å². The molecule has 1 amide bonds. The third-order valence-electron chi connectivity index (χ3n) is 4.47. The van der Waals surface area contributed by atoms with Crippen LogP contribution in [0.4, 0.5) is 0 Å². The largest absolute Gasteiger partial charge is 0.463 e. The first kappa shape index (κ1) is 21.5. The normalized spacial score (nSPS) is 16.4. The lowest BCUT2D eigenvalue weighted by Crippen LogP contribution is -2.50. The van der Waals surface area contributed by atoms with Gasteiger partial charge < -0.3 is 15.4 Å². The molecule has 1 aliphatic heterocycles. The van der Waals surface area contributed by atoms with Crippen molar-refractivity contribution < 1.29 is 14.3 Å². The minimum absolute atomic E-state index is 0. The van der Waals surface area contributed by atoms with Crippen molar-refractivity contribution in [1.29, 1.82) is 0 Å². The smallest absolute Gasteiger partial charge is 0.308 e. The number of hydrogen-bond donors (Lipinski definition) is 2. The van der Waals surface area contributed by atoms with Crippen molar-refractivity contribution in [2.24, 2.45) is 11.8 Å². The van der Waals surface area contributed by atoms with Gasteiger partial charge in [0.15, 0.2) is 0 Å². The number of nitrogens with one attached hydrogen (secondary N) is 2. The zero-order valence-electron chi connectivity index (χ0n) is 15.4. The molecule has 0 aliphatic carbocycles. The molecule has 1 aliphatic rings. The molecule has 1 aromatic carbocycles. The van der Waals surface area contributed by atoms with Crippen molar-refractivity contribution in [3.05, 3.63) is 35.4 Å². The average molecular weight is 369 g/mol. The summed E-state index contributed by atoms with van der Waals surface area (Å²) in [6.45, 7) is 9.35. The summed E-state index contributed by atoms with van der Waals surface area (Å²) >= 11 is 0. The minimum Gasteiger partial charge on any atom is -0.463 e. The van der Waals surface area contributed by atoms with Crippen LogP contribution in [0.2, 0.25) is 0 Å². The van der Waals surface area contributed by atoms with Crippen molar-refractivity contribution in [3.8, 4) is 0 Å². The fourth-order valence-electron chi connectivity index (χ4n) is 2.71. The molecule has 0 aromatic heterocycles. The van der Waals surface area contributed by atoms with E-state index in [-0.39, 0.29) is 48.8 Å². The predicted molar refractivity (Wildman–Crippen MR) is 101 cm³/mol. The highest BCUT2D eigenvalue weighted by Crippen LogP contribution is 2.22. The van der Waals surface area contributed by atoms with Crippen LogP contribution in [0.1, 0.15) is 44.4 Å². The number of carbonyl (C=O) groups excluding carboxylic acids is 2. The van der Waals surface area contributed by atoms with Gasteiger partial charge in [0.25, 0.3) is 0 Å². The van der Waals surface area contributed by atoms with Crippen molar-refractivity contribution in [1.82, 2.24) is 10.6 Å². The summed E-state index contributed by atoms with van der Waals surface area (Å²) in [5.74, 6) is -0.00939. The second-order valence-electron chi connectivity index (χ2n) is 6.92. The van der Waals surface area contributed by atoms with Crippen LogP contribution in [0.5, 0.6) is 0 Å². The van der Waals surface area contributed by atoms with E-state index in [4.69, 9.17) is 4.74 Å². The van der Waals surface area contributed by atoms with Gasteiger partial charge >= 0.3 is 5.97 Å². The van der Waals surface area contributed by atoms with E-state index in [0.29, 0.717) is 5.92 Å². The Morgan fingerprint density at radius 3 is 2.28 bits per heavy atom. The Labute approximate surface area is 156 Å². The van der Waals surface area contributed by atoms with Crippen LogP contribution in [0, 0.1) is 18.8 Å². The molecular formula is C19H29ClN2O3. The summed E-state index contributed by atoms with van der Waals surface area (Å²) in [6, 6.07) is 7.53. The highest BCUT2D eigenvalue weighted by Gasteiger charge is 2.30. The standard InChI is InChI=1S/C19H28N2O3.ClH/c1-12(2)24-18(22)9-17(15-7-5-13(3)6-8-15)21-19(23)14(4)16-10-20-11-16;/h5-8,12,14,16-17,20H,9-11H2,1-4H3,(H,21,23);1H. The molecule has 0 spiro atoms. The zero-order chi connectivity index (χ0) is 17.7. The van der Waals surface area contributed by atoms with Crippen LogP contribution >= 0.6 is 12.4 Å². The SMILES string of the molecule is Cc1ccc(C(CC(=O)OC(C)C)NC(=O)C(C)C2CNC2)cc1.Cl. The van der Waals surface area contributed by atoms with Crippen molar-refractivity contribution in [2.45, 2.75) is 46.3 Å². The Balaban J connectivity index is 0.00000312. The molecule has 1 fully saturated rings. The molecule has 2 N–H and O–H groups in total. The Morgan fingerprint density at radius 1 is 1.20 bits per heavy atom. The summed E-state index contributed by atoms with van der Waals surface area (Å²) in [4.78, 5) is 24.6. The Kier molecular flexibility index (Phi) is 8.39. The summed E-state index contributed by atoms with van der Waals surface area (Å²) in [7, 11) is 0. The highest BCUT2D eigenvalue weighted by atomic mass is 35.5. The van der Waals surface area contributed by atoms with Gasteiger partial charge in [0.05, 0.1) is 18.6 Å². The zero-order valence-corrected chi connectivity index (χ0v) is 16.2. The third kappa shape index (κ3) is 6.33. The third-order valence-corrected chi connectivity index (χ3v) is 4.47. The fourth-order valence-corrected chi connectivity index (χ4v) is 2.71. The molecular weight excluding hydrogens is 340 g/mol. The monoisotopic (exact) mass is 368 g/mol. The first-order valence-corrected chi connectivity index (χ1v) is 8.64. The summed E-state index contributed by atoms with van der Waals surface area (Å²) in [6.07, 6.45) is -0.0188. The molecule has 2 atom stereocenters. The number of carbonyl (C=O) groups is 2. The van der Waals surface area contributed by atoms with E-state index in [1.165, 1.54) is 0 Å². The maximum absolute atomic E-state index is 12.5. The number of esters is 1. The summed E-state index contributed by atoms with van der Waals surface area (Å²) in [5.41, 5.74) is 2.07. The number of hydrogen-bond acceptors (Lipinski definition) is 4. The topological polar surface area (TPSA) is 67.4 Å². The quantitative estimate of drug-likeness (QED) is 0.726.